The van der Waals surface area contributed by atoms with Crippen LogP contribution in [0.1, 0.15) is 42.6 Å². The minimum Gasteiger partial charge on any atom is -0.478 e. The summed E-state index contributed by atoms with van der Waals surface area (Å²) in [5.74, 6) is -2.03. The number of rotatable bonds is 3. The Hall–Kier alpha value is -3.54. The van der Waals surface area contributed by atoms with Gasteiger partial charge in [0.25, 0.3) is 0 Å². The molecule has 6 nitrogen and oxygen atoms in total. The molecule has 116 valence electrons. The molecule has 2 N–H and O–H groups in total. The summed E-state index contributed by atoms with van der Waals surface area (Å²) in [6.07, 6.45) is 0. The van der Waals surface area contributed by atoms with Crippen molar-refractivity contribution in [3.63, 3.8) is 0 Å². The van der Waals surface area contributed by atoms with Crippen molar-refractivity contribution in [2.45, 2.75) is 0 Å². The molecule has 0 bridgehead atoms. The van der Waals surface area contributed by atoms with E-state index in [-0.39, 0.29) is 28.4 Å². The monoisotopic (exact) mass is 318 g/mol. The molecule has 0 unspecified atom stereocenters. The minimum atomic E-state index is -1.19. The molecule has 0 fully saturated rings. The highest BCUT2D eigenvalue weighted by Crippen LogP contribution is 2.34. The zero-order valence-corrected chi connectivity index (χ0v) is 12.2. The number of nitrogens with zero attached hydrogens (tertiary/aromatic N) is 1. The van der Waals surface area contributed by atoms with Crippen molar-refractivity contribution in [2.24, 2.45) is 0 Å². The van der Waals surface area contributed by atoms with Gasteiger partial charge in [0, 0.05) is 16.7 Å². The van der Waals surface area contributed by atoms with Crippen molar-refractivity contribution in [3.8, 4) is 11.3 Å². The number of aromatic carboxylic acids is 1. The molecule has 1 heterocycles. The number of hydrogen-bond donors (Lipinski definition) is 2. The molecular formula is C18H10N2O4. The molecule has 0 spiro atoms. The minimum absolute atomic E-state index is 0.0261. The van der Waals surface area contributed by atoms with E-state index in [0.717, 1.165) is 0 Å². The molecule has 24 heavy (non-hydrogen) atoms. The molecule has 2 aromatic carbocycles. The fourth-order valence-electron chi connectivity index (χ4n) is 2.86. The van der Waals surface area contributed by atoms with Gasteiger partial charge < -0.3 is 10.1 Å². The van der Waals surface area contributed by atoms with Gasteiger partial charge in [-0.25, -0.2) is 9.78 Å². The first-order chi connectivity index (χ1) is 11.6. The lowest BCUT2D eigenvalue weighted by Gasteiger charge is -2.03. The van der Waals surface area contributed by atoms with Crippen molar-refractivity contribution in [1.82, 2.24) is 9.97 Å². The summed E-state index contributed by atoms with van der Waals surface area (Å²) in [4.78, 5) is 43.3. The molecule has 6 heteroatoms. The van der Waals surface area contributed by atoms with Gasteiger partial charge in [-0.05, 0) is 6.07 Å². The quantitative estimate of drug-likeness (QED) is 0.565. The first kappa shape index (κ1) is 14.1. The Morgan fingerprint density at radius 3 is 2.25 bits per heavy atom. The van der Waals surface area contributed by atoms with Crippen molar-refractivity contribution < 1.29 is 19.5 Å². The fraction of sp³-hybridized carbons (Fsp3) is 0. The molecule has 3 aromatic rings. The van der Waals surface area contributed by atoms with Crippen molar-refractivity contribution in [2.75, 3.05) is 0 Å². The Balaban J connectivity index is 1.82. The second-order valence-electron chi connectivity index (χ2n) is 5.36. The molecule has 1 aromatic heterocycles. The number of aromatic amines is 1. The summed E-state index contributed by atoms with van der Waals surface area (Å²) in [6.45, 7) is 0. The number of aromatic nitrogens is 2. The van der Waals surface area contributed by atoms with E-state index in [1.165, 1.54) is 12.1 Å². The molecule has 0 atom stereocenters. The zero-order valence-electron chi connectivity index (χ0n) is 12.2. The molecule has 0 saturated heterocycles. The van der Waals surface area contributed by atoms with Crippen LogP contribution >= 0.6 is 0 Å². The third-order valence-electron chi connectivity index (χ3n) is 3.97. The van der Waals surface area contributed by atoms with Crippen LogP contribution < -0.4 is 0 Å². The molecule has 0 saturated carbocycles. The zero-order chi connectivity index (χ0) is 16.8. The number of carbonyl (C=O) groups excluding carboxylic acids is 2. The maximum atomic E-state index is 12.6. The topological polar surface area (TPSA) is 100 Å². The van der Waals surface area contributed by atoms with Crippen LogP contribution in [0.25, 0.3) is 11.3 Å². The molecule has 4 rings (SSSR count). The van der Waals surface area contributed by atoms with Crippen LogP contribution in [0.4, 0.5) is 0 Å². The van der Waals surface area contributed by atoms with Gasteiger partial charge in [-0.3, -0.25) is 9.59 Å². The predicted molar refractivity (Wildman–Crippen MR) is 84.3 cm³/mol. The number of carbonyl (C=O) groups is 3. The van der Waals surface area contributed by atoms with Gasteiger partial charge in [0.15, 0.2) is 5.82 Å². The SMILES string of the molecule is O=C(O)c1ccccc1C(=O)c1nc2c([nH]1)C(=O)c1ccccc1-2. The van der Waals surface area contributed by atoms with E-state index in [0.29, 0.717) is 16.8 Å². The second-order valence-corrected chi connectivity index (χ2v) is 5.36. The first-order valence-electron chi connectivity index (χ1n) is 7.19. The van der Waals surface area contributed by atoms with Gasteiger partial charge in [-0.15, -0.1) is 0 Å². The summed E-state index contributed by atoms with van der Waals surface area (Å²) < 4.78 is 0. The number of carboxylic acid groups (broad SMARTS) is 1. The lowest BCUT2D eigenvalue weighted by molar-refractivity contribution is 0.0692. The van der Waals surface area contributed by atoms with E-state index in [2.05, 4.69) is 9.97 Å². The Morgan fingerprint density at radius 1 is 0.917 bits per heavy atom. The smallest absolute Gasteiger partial charge is 0.336 e. The number of carboxylic acids is 1. The van der Waals surface area contributed by atoms with Gasteiger partial charge in [0.1, 0.15) is 11.4 Å². The van der Waals surface area contributed by atoms with Crippen LogP contribution in [0.15, 0.2) is 48.5 Å². The van der Waals surface area contributed by atoms with Gasteiger partial charge in [0.2, 0.25) is 11.6 Å². The number of imidazole rings is 1. The number of fused-ring (bicyclic) bond motifs is 3. The number of H-pyrrole nitrogens is 1. The Labute approximate surface area is 135 Å². The largest absolute Gasteiger partial charge is 0.478 e. The van der Waals surface area contributed by atoms with E-state index < -0.39 is 11.8 Å². The predicted octanol–water partition coefficient (Wildman–Crippen LogP) is 2.55. The maximum Gasteiger partial charge on any atom is 0.336 e. The fourth-order valence-corrected chi connectivity index (χ4v) is 2.86. The van der Waals surface area contributed by atoms with Crippen LogP contribution in [0, 0.1) is 0 Å². The summed E-state index contributed by atoms with van der Waals surface area (Å²) >= 11 is 0. The highest BCUT2D eigenvalue weighted by atomic mass is 16.4. The lowest BCUT2D eigenvalue weighted by atomic mass is 10.0. The standard InChI is InChI=1S/C18H10N2O4/c21-15-10-6-2-1-5-9(10)13-14(15)20-17(19-13)16(22)11-7-3-4-8-12(11)18(23)24/h1-8H,(H,19,20)(H,23,24). The van der Waals surface area contributed by atoms with Crippen LogP contribution in [-0.2, 0) is 0 Å². The van der Waals surface area contributed by atoms with Gasteiger partial charge in [-0.2, -0.15) is 0 Å². The van der Waals surface area contributed by atoms with Gasteiger partial charge in [0.05, 0.1) is 5.56 Å². The van der Waals surface area contributed by atoms with Gasteiger partial charge in [-0.1, -0.05) is 42.5 Å². The van der Waals surface area contributed by atoms with Crippen LogP contribution in [-0.4, -0.2) is 32.6 Å². The number of benzene rings is 2. The summed E-state index contributed by atoms with van der Waals surface area (Å²) in [6, 6.07) is 12.9. The summed E-state index contributed by atoms with van der Waals surface area (Å²) in [7, 11) is 0. The van der Waals surface area contributed by atoms with E-state index >= 15 is 0 Å². The molecule has 0 aliphatic heterocycles. The normalized spacial score (nSPS) is 11.9. The summed E-state index contributed by atoms with van der Waals surface area (Å²) in [5.41, 5.74) is 1.80. The second kappa shape index (κ2) is 4.99. The third kappa shape index (κ3) is 1.90. The molecule has 1 aliphatic carbocycles. The molecule has 0 radical (unpaired) electrons. The summed E-state index contributed by atoms with van der Waals surface area (Å²) in [5, 5.41) is 9.21. The Bertz CT molecular complexity index is 1030. The molecular weight excluding hydrogens is 308 g/mol. The highest BCUT2D eigenvalue weighted by molar-refractivity contribution is 6.21. The van der Waals surface area contributed by atoms with Crippen LogP contribution in [0.5, 0.6) is 0 Å². The van der Waals surface area contributed by atoms with Crippen LogP contribution in [0.3, 0.4) is 0 Å². The maximum absolute atomic E-state index is 12.6. The van der Waals surface area contributed by atoms with E-state index in [4.69, 9.17) is 0 Å². The van der Waals surface area contributed by atoms with Gasteiger partial charge >= 0.3 is 5.97 Å². The van der Waals surface area contributed by atoms with Crippen molar-refractivity contribution in [3.05, 3.63) is 76.7 Å². The van der Waals surface area contributed by atoms with E-state index in [1.54, 1.807) is 36.4 Å². The Kier molecular flexibility index (Phi) is 2.93. The number of nitrogens with one attached hydrogen (secondary N) is 1. The van der Waals surface area contributed by atoms with E-state index in [1.807, 2.05) is 0 Å². The molecule has 1 aliphatic rings. The van der Waals surface area contributed by atoms with E-state index in [9.17, 15) is 19.5 Å². The number of ketones is 2. The van der Waals surface area contributed by atoms with Crippen LogP contribution in [0.2, 0.25) is 0 Å². The molecule has 0 amide bonds. The third-order valence-corrected chi connectivity index (χ3v) is 3.97. The van der Waals surface area contributed by atoms with Crippen molar-refractivity contribution >= 4 is 17.5 Å². The highest BCUT2D eigenvalue weighted by Gasteiger charge is 2.32. The van der Waals surface area contributed by atoms with Crippen molar-refractivity contribution in [1.29, 1.82) is 0 Å². The Morgan fingerprint density at radius 2 is 1.54 bits per heavy atom. The average molecular weight is 318 g/mol. The number of hydrogen-bond acceptors (Lipinski definition) is 4. The average Bonchev–Trinajstić information content (AvgIpc) is 3.14. The lowest BCUT2D eigenvalue weighted by Crippen LogP contribution is -2.11. The first-order valence-corrected chi connectivity index (χ1v) is 7.19.